The van der Waals surface area contributed by atoms with Crippen molar-refractivity contribution in [3.8, 4) is 0 Å². The Hall–Kier alpha value is -1.95. The highest BCUT2D eigenvalue weighted by Crippen LogP contribution is 2.25. The molecule has 0 radical (unpaired) electrons. The van der Waals surface area contributed by atoms with Crippen molar-refractivity contribution < 1.29 is 9.78 Å². The van der Waals surface area contributed by atoms with E-state index < -0.39 is 0 Å². The van der Waals surface area contributed by atoms with Crippen molar-refractivity contribution >= 4 is 23.5 Å². The third-order valence-electron chi connectivity index (χ3n) is 3.80. The first-order chi connectivity index (χ1) is 10.2. The van der Waals surface area contributed by atoms with Crippen LogP contribution in [0.5, 0.6) is 0 Å². The molecule has 5 nitrogen and oxygen atoms in total. The Labute approximate surface area is 128 Å². The number of H-pyrrole nitrogens is 2. The largest absolute Gasteiger partial charge is 0.325 e. The number of benzene rings is 1. The summed E-state index contributed by atoms with van der Waals surface area (Å²) in [6, 6.07) is 8.20. The minimum atomic E-state index is 0.0715. The van der Waals surface area contributed by atoms with Crippen LogP contribution in [0.2, 0.25) is 0 Å². The highest BCUT2D eigenvalue weighted by Gasteiger charge is 2.31. The smallest absolute Gasteiger partial charge is 0.314 e. The van der Waals surface area contributed by atoms with Gasteiger partial charge in [-0.25, -0.2) is 14.8 Å². The number of aryl methyl sites for hydroxylation is 1. The maximum Gasteiger partial charge on any atom is 0.325 e. The Balaban J connectivity index is 1.75. The van der Waals surface area contributed by atoms with Crippen molar-refractivity contribution in [1.29, 1.82) is 0 Å². The van der Waals surface area contributed by atoms with Gasteiger partial charge in [-0.1, -0.05) is 6.07 Å². The Morgan fingerprint density at radius 1 is 1.38 bits per heavy atom. The predicted molar refractivity (Wildman–Crippen MR) is 83.5 cm³/mol. The van der Waals surface area contributed by atoms with E-state index in [1.165, 1.54) is 4.90 Å². The number of carbonyl (C=O) groups is 1. The second kappa shape index (κ2) is 5.81. The number of thioether (sulfide) groups is 1. The number of aromatic amines is 2. The number of imidazole rings is 1. The van der Waals surface area contributed by atoms with E-state index in [4.69, 9.17) is 0 Å². The monoisotopic (exact) mass is 303 g/mol. The van der Waals surface area contributed by atoms with Crippen LogP contribution in [-0.2, 0) is 6.54 Å². The number of rotatable bonds is 4. The molecule has 0 atom stereocenters. The van der Waals surface area contributed by atoms with Crippen LogP contribution >= 0.6 is 11.8 Å². The van der Waals surface area contributed by atoms with E-state index in [1.807, 2.05) is 35.1 Å². The van der Waals surface area contributed by atoms with Gasteiger partial charge in [0.05, 0.1) is 6.54 Å². The van der Waals surface area contributed by atoms with Gasteiger partial charge in [0.2, 0.25) is 6.33 Å². The number of aromatic nitrogens is 2. The molecule has 0 unspecified atom stereocenters. The van der Waals surface area contributed by atoms with Crippen LogP contribution in [0, 0.1) is 6.92 Å². The molecule has 6 heteroatoms. The van der Waals surface area contributed by atoms with Crippen LogP contribution in [0.25, 0.3) is 0 Å². The summed E-state index contributed by atoms with van der Waals surface area (Å²) in [7, 11) is 0. The molecule has 110 valence electrons. The summed E-state index contributed by atoms with van der Waals surface area (Å²) >= 11 is 1.69. The summed E-state index contributed by atoms with van der Waals surface area (Å²) < 4.78 is 0. The van der Waals surface area contributed by atoms with Crippen molar-refractivity contribution in [3.63, 3.8) is 0 Å². The molecule has 1 saturated heterocycles. The molecule has 0 spiro atoms. The first kappa shape index (κ1) is 14.0. The highest BCUT2D eigenvalue weighted by atomic mass is 32.2. The van der Waals surface area contributed by atoms with Crippen molar-refractivity contribution in [2.45, 2.75) is 18.4 Å². The van der Waals surface area contributed by atoms with Gasteiger partial charge < -0.3 is 4.90 Å². The zero-order chi connectivity index (χ0) is 14.8. The zero-order valence-electron chi connectivity index (χ0n) is 12.2. The molecule has 0 aliphatic carbocycles. The SMILES string of the molecule is CSc1cccc(N2CCN(Cc3[nH+]c[nH]c3C)C2=O)c1. The second-order valence-electron chi connectivity index (χ2n) is 5.09. The van der Waals surface area contributed by atoms with E-state index in [-0.39, 0.29) is 6.03 Å². The van der Waals surface area contributed by atoms with Crippen LogP contribution in [0.1, 0.15) is 11.4 Å². The Morgan fingerprint density at radius 3 is 2.95 bits per heavy atom. The molecule has 2 amide bonds. The standard InChI is InChI=1S/C15H18N4OS/c1-11-14(17-10-16-11)9-18-6-7-19(15(18)20)12-4-3-5-13(8-12)21-2/h3-5,8,10H,6-7,9H2,1-2H3,(H,16,17)/p+1. The van der Waals surface area contributed by atoms with Crippen LogP contribution in [0.4, 0.5) is 10.5 Å². The number of carbonyl (C=O) groups excluding carboxylic acids is 1. The van der Waals surface area contributed by atoms with E-state index in [2.05, 4.69) is 22.1 Å². The maximum absolute atomic E-state index is 12.6. The van der Waals surface area contributed by atoms with E-state index in [0.717, 1.165) is 30.2 Å². The Kier molecular flexibility index (Phi) is 3.88. The number of nitrogens with zero attached hydrogens (tertiary/aromatic N) is 2. The number of nitrogens with one attached hydrogen (secondary N) is 2. The summed E-state index contributed by atoms with van der Waals surface area (Å²) in [6.07, 6.45) is 3.84. The summed E-state index contributed by atoms with van der Waals surface area (Å²) in [6.45, 7) is 4.11. The summed E-state index contributed by atoms with van der Waals surface area (Å²) in [5.41, 5.74) is 3.11. The van der Waals surface area contributed by atoms with Crippen LogP contribution in [0.3, 0.4) is 0 Å². The molecule has 2 heterocycles. The molecule has 21 heavy (non-hydrogen) atoms. The van der Waals surface area contributed by atoms with Crippen molar-refractivity contribution in [2.75, 3.05) is 24.2 Å². The molecule has 0 saturated carbocycles. The summed E-state index contributed by atoms with van der Waals surface area (Å²) in [5, 5.41) is 0. The Bertz CT molecular complexity index is 655. The predicted octanol–water partition coefficient (Wildman–Crippen LogP) is 2.30. The number of hydrogen-bond donors (Lipinski definition) is 1. The van der Waals surface area contributed by atoms with Crippen LogP contribution < -0.4 is 9.88 Å². The molecule has 1 fully saturated rings. The lowest BCUT2D eigenvalue weighted by Gasteiger charge is -2.18. The minimum absolute atomic E-state index is 0.0715. The van der Waals surface area contributed by atoms with E-state index >= 15 is 0 Å². The number of urea groups is 1. The van der Waals surface area contributed by atoms with Crippen LogP contribution in [0.15, 0.2) is 35.5 Å². The Morgan fingerprint density at radius 2 is 2.24 bits per heavy atom. The zero-order valence-corrected chi connectivity index (χ0v) is 13.0. The fourth-order valence-corrected chi connectivity index (χ4v) is 2.98. The quantitative estimate of drug-likeness (QED) is 0.881. The van der Waals surface area contributed by atoms with Gasteiger partial charge in [-0.05, 0) is 24.5 Å². The van der Waals surface area contributed by atoms with Crippen LogP contribution in [-0.4, -0.2) is 35.3 Å². The topological polar surface area (TPSA) is 53.5 Å². The fraction of sp³-hybridized carbons (Fsp3) is 0.333. The van der Waals surface area contributed by atoms with E-state index in [0.29, 0.717) is 6.54 Å². The van der Waals surface area contributed by atoms with Gasteiger partial charge in [0.1, 0.15) is 5.69 Å². The highest BCUT2D eigenvalue weighted by molar-refractivity contribution is 7.98. The summed E-state index contributed by atoms with van der Waals surface area (Å²) in [4.78, 5) is 23.7. The second-order valence-corrected chi connectivity index (χ2v) is 5.97. The van der Waals surface area contributed by atoms with Crippen molar-refractivity contribution in [1.82, 2.24) is 9.88 Å². The maximum atomic E-state index is 12.6. The van der Waals surface area contributed by atoms with E-state index in [9.17, 15) is 4.79 Å². The molecule has 1 aliphatic rings. The first-order valence-corrected chi connectivity index (χ1v) is 8.16. The first-order valence-electron chi connectivity index (χ1n) is 6.94. The summed E-state index contributed by atoms with van der Waals surface area (Å²) in [5.74, 6) is 0. The van der Waals surface area contributed by atoms with Gasteiger partial charge >= 0.3 is 6.03 Å². The average molecular weight is 303 g/mol. The number of hydrogen-bond acceptors (Lipinski definition) is 2. The fourth-order valence-electron chi connectivity index (χ4n) is 2.53. The lowest BCUT2D eigenvalue weighted by Crippen LogP contribution is -2.32. The average Bonchev–Trinajstić information content (AvgIpc) is 3.07. The van der Waals surface area contributed by atoms with Crippen molar-refractivity contribution in [2.24, 2.45) is 0 Å². The molecule has 1 aromatic carbocycles. The molecule has 3 rings (SSSR count). The van der Waals surface area contributed by atoms with Gasteiger partial charge in [0.25, 0.3) is 0 Å². The van der Waals surface area contributed by atoms with Gasteiger partial charge in [-0.2, -0.15) is 0 Å². The lowest BCUT2D eigenvalue weighted by atomic mass is 10.3. The third kappa shape index (κ3) is 2.76. The number of amides is 2. The molecule has 2 N–H and O–H groups in total. The van der Waals surface area contributed by atoms with Gasteiger partial charge in [0.15, 0.2) is 5.69 Å². The van der Waals surface area contributed by atoms with Gasteiger partial charge in [-0.3, -0.25) is 4.90 Å². The van der Waals surface area contributed by atoms with Crippen molar-refractivity contribution in [3.05, 3.63) is 42.0 Å². The molecule has 2 aromatic rings. The van der Waals surface area contributed by atoms with Gasteiger partial charge in [0, 0.05) is 30.6 Å². The molecular weight excluding hydrogens is 284 g/mol. The molecule has 1 aliphatic heterocycles. The minimum Gasteiger partial charge on any atom is -0.314 e. The molecule has 0 bridgehead atoms. The lowest BCUT2D eigenvalue weighted by molar-refractivity contribution is -0.389. The normalized spacial score (nSPS) is 15.0. The molecule has 1 aromatic heterocycles. The third-order valence-corrected chi connectivity index (χ3v) is 4.52. The van der Waals surface area contributed by atoms with E-state index in [1.54, 1.807) is 18.1 Å². The van der Waals surface area contributed by atoms with Gasteiger partial charge in [-0.15, -0.1) is 11.8 Å². The number of anilines is 1. The molecular formula is C15H19N4OS+.